The molecule has 5 aliphatic rings. The van der Waals surface area contributed by atoms with E-state index in [0.29, 0.717) is 29.5 Å². The van der Waals surface area contributed by atoms with Gasteiger partial charge in [0.25, 0.3) is 0 Å². The number of aryl methyl sites for hydroxylation is 2. The molecule has 1 heterocycles. The summed E-state index contributed by atoms with van der Waals surface area (Å²) >= 11 is 6.28. The van der Waals surface area contributed by atoms with E-state index in [1.807, 2.05) is 25.1 Å². The van der Waals surface area contributed by atoms with Crippen LogP contribution in [0.3, 0.4) is 0 Å². The number of hydrogen-bond donors (Lipinski definition) is 1. The molecule has 0 unspecified atom stereocenters. The number of aromatic nitrogens is 1. The Balaban J connectivity index is 1.20. The van der Waals surface area contributed by atoms with Crippen LogP contribution in [0.2, 0.25) is 5.02 Å². The molecular formula is C26H31ClN2O2. The third kappa shape index (κ3) is 3.61. The summed E-state index contributed by atoms with van der Waals surface area (Å²) in [5, 5.41) is 8.10. The average Bonchev–Trinajstić information content (AvgIpc) is 3.46. The van der Waals surface area contributed by atoms with Crippen molar-refractivity contribution in [3.8, 4) is 0 Å². The van der Waals surface area contributed by atoms with Crippen molar-refractivity contribution in [2.24, 2.45) is 17.8 Å². The van der Waals surface area contributed by atoms with E-state index >= 15 is 0 Å². The molecule has 2 aromatic rings. The first-order valence-corrected chi connectivity index (χ1v) is 12.4. The Labute approximate surface area is 189 Å². The van der Waals surface area contributed by atoms with E-state index in [1.54, 1.807) is 0 Å². The van der Waals surface area contributed by atoms with Crippen molar-refractivity contribution in [3.05, 3.63) is 45.8 Å². The molecule has 0 spiro atoms. The number of carbonyl (C=O) groups is 1. The van der Waals surface area contributed by atoms with E-state index < -0.39 is 0 Å². The zero-order valence-electron chi connectivity index (χ0n) is 18.3. The number of benzene rings is 1. The Bertz CT molecular complexity index is 987. The summed E-state index contributed by atoms with van der Waals surface area (Å²) in [4.78, 5) is 12.6. The Morgan fingerprint density at radius 1 is 1.16 bits per heavy atom. The van der Waals surface area contributed by atoms with Crippen LogP contribution in [0.15, 0.2) is 22.7 Å². The first kappa shape index (κ1) is 19.8. The Kier molecular flexibility index (Phi) is 4.72. The molecule has 164 valence electrons. The minimum absolute atomic E-state index is 0.0214. The molecule has 1 N–H and O–H groups in total. The highest BCUT2D eigenvalue weighted by molar-refractivity contribution is 6.33. The van der Waals surface area contributed by atoms with Gasteiger partial charge in [0, 0.05) is 23.8 Å². The molecule has 1 amide bonds. The number of halogens is 1. The van der Waals surface area contributed by atoms with Crippen LogP contribution in [-0.2, 0) is 16.6 Å². The van der Waals surface area contributed by atoms with E-state index in [0.717, 1.165) is 29.0 Å². The summed E-state index contributed by atoms with van der Waals surface area (Å²) in [5.74, 6) is 4.45. The van der Waals surface area contributed by atoms with Crippen LogP contribution in [-0.4, -0.2) is 11.1 Å². The average molecular weight is 439 g/mol. The number of nitrogens with one attached hydrogen (secondary N) is 1. The van der Waals surface area contributed by atoms with E-state index in [1.165, 1.54) is 62.7 Å². The number of rotatable bonds is 6. The fourth-order valence-corrected chi connectivity index (χ4v) is 7.52. The van der Waals surface area contributed by atoms with Crippen molar-refractivity contribution in [1.29, 1.82) is 0 Å². The normalized spacial score (nSPS) is 31.2. The lowest BCUT2D eigenvalue weighted by atomic mass is 9.48. The summed E-state index contributed by atoms with van der Waals surface area (Å²) in [7, 11) is 0. The molecule has 1 aromatic heterocycles. The largest absolute Gasteiger partial charge is 0.360 e. The molecule has 5 fully saturated rings. The smallest absolute Gasteiger partial charge is 0.224 e. The van der Waals surface area contributed by atoms with Crippen molar-refractivity contribution in [3.63, 3.8) is 0 Å². The molecule has 7 rings (SSSR count). The molecular weight excluding hydrogens is 408 g/mol. The number of hydrogen-bond acceptors (Lipinski definition) is 3. The molecule has 5 aliphatic carbocycles. The molecule has 0 saturated heterocycles. The maximum absolute atomic E-state index is 12.6. The van der Waals surface area contributed by atoms with Crippen molar-refractivity contribution in [1.82, 2.24) is 5.16 Å². The van der Waals surface area contributed by atoms with Crippen LogP contribution >= 0.6 is 11.6 Å². The number of nitrogens with zero attached hydrogens (tertiary/aromatic N) is 1. The molecule has 4 bridgehead atoms. The molecule has 1 aromatic carbocycles. The van der Waals surface area contributed by atoms with Crippen LogP contribution in [0.1, 0.15) is 86.3 Å². The highest BCUT2D eigenvalue weighted by Gasteiger charge is 2.55. The number of amides is 1. The first-order chi connectivity index (χ1) is 15.0. The number of carbonyl (C=O) groups excluding carboxylic acids is 1. The number of anilines is 1. The summed E-state index contributed by atoms with van der Waals surface area (Å²) in [5.41, 5.74) is 4.39. The predicted molar refractivity (Wildman–Crippen MR) is 121 cm³/mol. The lowest BCUT2D eigenvalue weighted by Crippen LogP contribution is -2.48. The van der Waals surface area contributed by atoms with Gasteiger partial charge in [-0.15, -0.1) is 0 Å². The molecule has 5 heteroatoms. The molecule has 0 radical (unpaired) electrons. The highest BCUT2D eigenvalue weighted by Crippen LogP contribution is 2.62. The van der Waals surface area contributed by atoms with Gasteiger partial charge in [-0.25, -0.2) is 0 Å². The van der Waals surface area contributed by atoms with Gasteiger partial charge in [-0.3, -0.25) is 4.79 Å². The molecule has 0 atom stereocenters. The minimum Gasteiger partial charge on any atom is -0.360 e. The monoisotopic (exact) mass is 438 g/mol. The van der Waals surface area contributed by atoms with Gasteiger partial charge < -0.3 is 9.84 Å². The van der Waals surface area contributed by atoms with Crippen LogP contribution < -0.4 is 5.32 Å². The maximum Gasteiger partial charge on any atom is 0.224 e. The van der Waals surface area contributed by atoms with Gasteiger partial charge in [-0.1, -0.05) is 22.8 Å². The maximum atomic E-state index is 12.6. The van der Waals surface area contributed by atoms with Crippen molar-refractivity contribution in [2.75, 3.05) is 5.32 Å². The van der Waals surface area contributed by atoms with E-state index in [-0.39, 0.29) is 11.3 Å². The molecule has 0 aliphatic heterocycles. The standard InChI is InChI=1S/C26H31ClN2O2/c1-15-2-5-21(20(27)8-15)28-23(30)7-6-22-24(19-3-4-19)25(31-29-22)26-12-16-9-17(13-26)11-18(10-16)14-26/h2,5,8,16-19H,3-4,6-7,9-14H2,1H3,(H,28,30). The Morgan fingerprint density at radius 2 is 1.84 bits per heavy atom. The van der Waals surface area contributed by atoms with Gasteiger partial charge in [0.1, 0.15) is 5.76 Å². The first-order valence-electron chi connectivity index (χ1n) is 12.0. The highest BCUT2D eigenvalue weighted by atomic mass is 35.5. The lowest BCUT2D eigenvalue weighted by molar-refractivity contribution is -0.116. The predicted octanol–water partition coefficient (Wildman–Crippen LogP) is 6.55. The second-order valence-electron chi connectivity index (χ2n) is 10.9. The third-order valence-corrected chi connectivity index (χ3v) is 8.61. The van der Waals surface area contributed by atoms with E-state index in [9.17, 15) is 4.79 Å². The Morgan fingerprint density at radius 3 is 2.45 bits per heavy atom. The van der Waals surface area contributed by atoms with Crippen LogP contribution in [0.4, 0.5) is 5.69 Å². The summed E-state index contributed by atoms with van der Waals surface area (Å²) in [6.45, 7) is 1.99. The quantitative estimate of drug-likeness (QED) is 0.556. The molecule has 4 nitrogen and oxygen atoms in total. The minimum atomic E-state index is -0.0214. The van der Waals surface area contributed by atoms with Crippen LogP contribution in [0.25, 0.3) is 0 Å². The van der Waals surface area contributed by atoms with Crippen molar-refractivity contribution in [2.45, 2.75) is 82.5 Å². The summed E-state index contributed by atoms with van der Waals surface area (Å²) < 4.78 is 6.16. The van der Waals surface area contributed by atoms with Gasteiger partial charge in [0.15, 0.2) is 0 Å². The topological polar surface area (TPSA) is 55.1 Å². The van der Waals surface area contributed by atoms with E-state index in [2.05, 4.69) is 10.5 Å². The molecule has 5 saturated carbocycles. The second kappa shape index (κ2) is 7.37. The fourth-order valence-electron chi connectivity index (χ4n) is 7.24. The van der Waals surface area contributed by atoms with Crippen LogP contribution in [0, 0.1) is 24.7 Å². The van der Waals surface area contributed by atoms with Crippen molar-refractivity contribution < 1.29 is 9.32 Å². The van der Waals surface area contributed by atoms with Gasteiger partial charge in [-0.2, -0.15) is 0 Å². The van der Waals surface area contributed by atoms with Gasteiger partial charge in [0.2, 0.25) is 5.91 Å². The van der Waals surface area contributed by atoms with Crippen molar-refractivity contribution >= 4 is 23.2 Å². The van der Waals surface area contributed by atoms with Gasteiger partial charge >= 0.3 is 0 Å². The zero-order valence-corrected chi connectivity index (χ0v) is 19.0. The summed E-state index contributed by atoms with van der Waals surface area (Å²) in [6, 6.07) is 5.70. The summed E-state index contributed by atoms with van der Waals surface area (Å²) in [6.07, 6.45) is 11.7. The molecule has 31 heavy (non-hydrogen) atoms. The third-order valence-electron chi connectivity index (χ3n) is 8.30. The van der Waals surface area contributed by atoms with E-state index in [4.69, 9.17) is 16.1 Å². The van der Waals surface area contributed by atoms with Gasteiger partial charge in [-0.05, 0) is 99.7 Å². The fraction of sp³-hybridized carbons (Fsp3) is 0.615. The second-order valence-corrected chi connectivity index (χ2v) is 11.3. The Hall–Kier alpha value is -1.81. The zero-order chi connectivity index (χ0) is 21.2. The lowest BCUT2D eigenvalue weighted by Gasteiger charge is -2.55. The SMILES string of the molecule is Cc1ccc(NC(=O)CCc2noc(C34CC5CC(CC(C5)C3)C4)c2C2CC2)c(Cl)c1. The van der Waals surface area contributed by atoms with Crippen LogP contribution in [0.5, 0.6) is 0 Å². The van der Waals surface area contributed by atoms with Gasteiger partial charge in [0.05, 0.1) is 16.4 Å².